The molecule has 0 spiro atoms. The van der Waals surface area contributed by atoms with Gasteiger partial charge in [-0.25, -0.2) is 0 Å². The molecule has 5 heteroatoms. The molecule has 0 radical (unpaired) electrons. The summed E-state index contributed by atoms with van der Waals surface area (Å²) in [5, 5.41) is 21.1. The van der Waals surface area contributed by atoms with Crippen LogP contribution in [0.2, 0.25) is 0 Å². The van der Waals surface area contributed by atoms with Crippen molar-refractivity contribution in [2.45, 2.75) is 19.9 Å². The summed E-state index contributed by atoms with van der Waals surface area (Å²) < 4.78 is 4.96. The number of amides is 1. The smallest absolute Gasteiger partial charge is 0.262 e. The SMILES string of the molecule is COc1cc(/C=C(/C#N)C(=O)NC(C)C)ccc1O. The Morgan fingerprint density at radius 2 is 2.21 bits per heavy atom. The molecule has 2 N–H and O–H groups in total. The van der Waals surface area contributed by atoms with Crippen molar-refractivity contribution < 1.29 is 14.6 Å². The summed E-state index contributed by atoms with van der Waals surface area (Å²) >= 11 is 0. The zero-order valence-electron chi connectivity index (χ0n) is 11.1. The molecule has 0 saturated heterocycles. The van der Waals surface area contributed by atoms with E-state index >= 15 is 0 Å². The highest BCUT2D eigenvalue weighted by atomic mass is 16.5. The highest BCUT2D eigenvalue weighted by molar-refractivity contribution is 6.01. The van der Waals surface area contributed by atoms with Gasteiger partial charge in [-0.15, -0.1) is 0 Å². The molecule has 0 unspecified atom stereocenters. The fourth-order valence-corrected chi connectivity index (χ4v) is 1.44. The van der Waals surface area contributed by atoms with Crippen molar-refractivity contribution >= 4 is 12.0 Å². The molecule has 1 rings (SSSR count). The molecule has 19 heavy (non-hydrogen) atoms. The van der Waals surface area contributed by atoms with Crippen LogP contribution in [0.3, 0.4) is 0 Å². The van der Waals surface area contributed by atoms with Crippen LogP contribution in [0, 0.1) is 11.3 Å². The molecular weight excluding hydrogens is 244 g/mol. The molecule has 0 heterocycles. The number of phenolic OH excluding ortho intramolecular Hbond substituents is 1. The van der Waals surface area contributed by atoms with Gasteiger partial charge in [0.05, 0.1) is 7.11 Å². The second-order valence-electron chi connectivity index (χ2n) is 4.23. The van der Waals surface area contributed by atoms with Crippen molar-refractivity contribution in [1.82, 2.24) is 5.32 Å². The van der Waals surface area contributed by atoms with Crippen molar-refractivity contribution in [3.05, 3.63) is 29.3 Å². The van der Waals surface area contributed by atoms with Gasteiger partial charge >= 0.3 is 0 Å². The van der Waals surface area contributed by atoms with Crippen LogP contribution in [0.1, 0.15) is 19.4 Å². The quantitative estimate of drug-likeness (QED) is 0.639. The summed E-state index contributed by atoms with van der Waals surface area (Å²) in [7, 11) is 1.43. The first-order valence-corrected chi connectivity index (χ1v) is 5.77. The largest absolute Gasteiger partial charge is 0.504 e. The first kappa shape index (κ1) is 14.6. The summed E-state index contributed by atoms with van der Waals surface area (Å²) in [6.45, 7) is 3.63. The van der Waals surface area contributed by atoms with Crippen LogP contribution in [0.4, 0.5) is 0 Å². The fourth-order valence-electron chi connectivity index (χ4n) is 1.44. The fraction of sp³-hybridized carbons (Fsp3) is 0.286. The molecule has 0 aliphatic rings. The average molecular weight is 260 g/mol. The minimum atomic E-state index is -0.426. The van der Waals surface area contributed by atoms with Crippen molar-refractivity contribution in [3.8, 4) is 17.6 Å². The third-order valence-electron chi connectivity index (χ3n) is 2.30. The zero-order chi connectivity index (χ0) is 14.4. The Bertz CT molecular complexity index is 542. The van der Waals surface area contributed by atoms with Gasteiger partial charge < -0.3 is 15.2 Å². The standard InChI is InChI=1S/C14H16N2O3/c1-9(2)16-14(18)11(8-15)6-10-4-5-12(17)13(7-10)19-3/h4-7,9,17H,1-3H3,(H,16,18)/b11-6-. The summed E-state index contributed by atoms with van der Waals surface area (Å²) in [6.07, 6.45) is 1.44. The number of carbonyl (C=O) groups is 1. The van der Waals surface area contributed by atoms with Gasteiger partial charge in [0.25, 0.3) is 5.91 Å². The summed E-state index contributed by atoms with van der Waals surface area (Å²) in [4.78, 5) is 11.7. The Kier molecular flexibility index (Phi) is 4.95. The molecule has 0 aliphatic heterocycles. The number of nitrogens with zero attached hydrogens (tertiary/aromatic N) is 1. The number of phenols is 1. The minimum Gasteiger partial charge on any atom is -0.504 e. The van der Waals surface area contributed by atoms with Crippen LogP contribution in [-0.4, -0.2) is 24.2 Å². The average Bonchev–Trinajstić information content (AvgIpc) is 2.36. The zero-order valence-corrected chi connectivity index (χ0v) is 11.1. The topological polar surface area (TPSA) is 82.3 Å². The molecule has 0 fully saturated rings. The van der Waals surface area contributed by atoms with Gasteiger partial charge in [-0.2, -0.15) is 5.26 Å². The molecule has 0 aliphatic carbocycles. The lowest BCUT2D eigenvalue weighted by atomic mass is 10.1. The minimum absolute atomic E-state index is 0.00134. The van der Waals surface area contributed by atoms with Crippen LogP contribution in [-0.2, 0) is 4.79 Å². The molecule has 100 valence electrons. The van der Waals surface area contributed by atoms with Crippen LogP contribution in [0.15, 0.2) is 23.8 Å². The van der Waals surface area contributed by atoms with Gasteiger partial charge in [-0.05, 0) is 37.6 Å². The second-order valence-corrected chi connectivity index (χ2v) is 4.23. The number of nitriles is 1. The van der Waals surface area contributed by atoms with Gasteiger partial charge in [0.1, 0.15) is 11.6 Å². The Labute approximate surface area is 112 Å². The van der Waals surface area contributed by atoms with Gasteiger partial charge in [-0.1, -0.05) is 6.07 Å². The maximum Gasteiger partial charge on any atom is 0.262 e. The van der Waals surface area contributed by atoms with Crippen molar-refractivity contribution in [3.63, 3.8) is 0 Å². The Morgan fingerprint density at radius 1 is 1.53 bits per heavy atom. The van der Waals surface area contributed by atoms with E-state index in [1.54, 1.807) is 12.1 Å². The molecule has 0 atom stereocenters. The lowest BCUT2D eigenvalue weighted by Gasteiger charge is -2.07. The second kappa shape index (κ2) is 6.45. The van der Waals surface area contributed by atoms with E-state index in [1.165, 1.54) is 19.3 Å². The predicted octanol–water partition coefficient (Wildman–Crippen LogP) is 1.83. The van der Waals surface area contributed by atoms with Crippen LogP contribution >= 0.6 is 0 Å². The van der Waals surface area contributed by atoms with Gasteiger partial charge in [0, 0.05) is 6.04 Å². The van der Waals surface area contributed by atoms with Gasteiger partial charge in [0.15, 0.2) is 11.5 Å². The summed E-state index contributed by atoms with van der Waals surface area (Å²) in [5.74, 6) is -0.135. The van der Waals surface area contributed by atoms with E-state index in [0.29, 0.717) is 5.56 Å². The Hall–Kier alpha value is -2.48. The van der Waals surface area contributed by atoms with Gasteiger partial charge in [0.2, 0.25) is 0 Å². The number of hydrogen-bond acceptors (Lipinski definition) is 4. The third kappa shape index (κ3) is 4.03. The van der Waals surface area contributed by atoms with E-state index in [1.807, 2.05) is 19.9 Å². The van der Waals surface area contributed by atoms with E-state index in [2.05, 4.69) is 5.32 Å². The number of rotatable bonds is 4. The lowest BCUT2D eigenvalue weighted by Crippen LogP contribution is -2.30. The van der Waals surface area contributed by atoms with E-state index in [9.17, 15) is 9.90 Å². The van der Waals surface area contributed by atoms with Crippen LogP contribution in [0.25, 0.3) is 6.08 Å². The molecule has 1 aromatic rings. The maximum absolute atomic E-state index is 11.7. The van der Waals surface area contributed by atoms with E-state index in [0.717, 1.165) is 0 Å². The van der Waals surface area contributed by atoms with Crippen molar-refractivity contribution in [2.75, 3.05) is 7.11 Å². The third-order valence-corrected chi connectivity index (χ3v) is 2.30. The van der Waals surface area contributed by atoms with Crippen molar-refractivity contribution in [2.24, 2.45) is 0 Å². The highest BCUT2D eigenvalue weighted by Gasteiger charge is 2.10. The molecule has 0 aromatic heterocycles. The van der Waals surface area contributed by atoms with Crippen molar-refractivity contribution in [1.29, 1.82) is 5.26 Å². The molecule has 0 bridgehead atoms. The predicted molar refractivity (Wildman–Crippen MR) is 71.5 cm³/mol. The molecule has 1 amide bonds. The van der Waals surface area contributed by atoms with Crippen LogP contribution in [0.5, 0.6) is 11.5 Å². The number of nitrogens with one attached hydrogen (secondary N) is 1. The van der Waals surface area contributed by atoms with Gasteiger partial charge in [-0.3, -0.25) is 4.79 Å². The Morgan fingerprint density at radius 3 is 2.74 bits per heavy atom. The number of carbonyl (C=O) groups excluding carboxylic acids is 1. The Balaban J connectivity index is 3.05. The first-order chi connectivity index (χ1) is 8.97. The number of aromatic hydroxyl groups is 1. The monoisotopic (exact) mass is 260 g/mol. The molecular formula is C14H16N2O3. The molecule has 1 aromatic carbocycles. The van der Waals surface area contributed by atoms with E-state index < -0.39 is 5.91 Å². The summed E-state index contributed by atoms with van der Waals surface area (Å²) in [6, 6.07) is 6.40. The van der Waals surface area contributed by atoms with E-state index in [-0.39, 0.29) is 23.1 Å². The highest BCUT2D eigenvalue weighted by Crippen LogP contribution is 2.27. The number of ether oxygens (including phenoxy) is 1. The lowest BCUT2D eigenvalue weighted by molar-refractivity contribution is -0.117. The number of hydrogen-bond donors (Lipinski definition) is 2. The van der Waals surface area contributed by atoms with E-state index in [4.69, 9.17) is 10.00 Å². The van der Waals surface area contributed by atoms with Crippen LogP contribution < -0.4 is 10.1 Å². The normalized spacial score (nSPS) is 11.0. The number of benzene rings is 1. The maximum atomic E-state index is 11.7. The molecule has 5 nitrogen and oxygen atoms in total. The molecule has 0 saturated carbocycles. The first-order valence-electron chi connectivity index (χ1n) is 5.77. The number of methoxy groups -OCH3 is 1. The summed E-state index contributed by atoms with van der Waals surface area (Å²) in [5.41, 5.74) is 0.603.